The van der Waals surface area contributed by atoms with Crippen LogP contribution < -0.4 is 0 Å². The summed E-state index contributed by atoms with van der Waals surface area (Å²) in [5, 5.41) is 0. The van der Waals surface area contributed by atoms with Crippen molar-refractivity contribution in [2.24, 2.45) is 0 Å². The summed E-state index contributed by atoms with van der Waals surface area (Å²) >= 11 is 0. The summed E-state index contributed by atoms with van der Waals surface area (Å²) in [7, 11) is 0. The fourth-order valence-corrected chi connectivity index (χ4v) is 2.31. The van der Waals surface area contributed by atoms with Crippen molar-refractivity contribution < 1.29 is 38.1 Å². The number of hydrogen-bond donors (Lipinski definition) is 0. The second-order valence-electron chi connectivity index (χ2n) is 4.60. The molecule has 0 amide bonds. The van der Waals surface area contributed by atoms with Crippen LogP contribution in [0.25, 0.3) is 0 Å². The molecule has 0 spiro atoms. The molecule has 5 atom stereocenters. The monoisotopic (exact) mass is 288 g/mol. The number of carbonyl (C=O) groups excluding carboxylic acids is 3. The summed E-state index contributed by atoms with van der Waals surface area (Å²) < 4.78 is 26.2. The molecule has 2 saturated heterocycles. The van der Waals surface area contributed by atoms with E-state index >= 15 is 0 Å². The molecule has 0 saturated carbocycles. The van der Waals surface area contributed by atoms with Crippen molar-refractivity contribution in [3.8, 4) is 0 Å². The first-order valence-electron chi connectivity index (χ1n) is 6.17. The van der Waals surface area contributed by atoms with Crippen molar-refractivity contribution in [3.63, 3.8) is 0 Å². The molecule has 0 N–H and O–H groups in total. The van der Waals surface area contributed by atoms with E-state index in [1.165, 1.54) is 20.8 Å². The Morgan fingerprint density at radius 1 is 0.850 bits per heavy atom. The molecule has 0 radical (unpaired) electrons. The molecular weight excluding hydrogens is 272 g/mol. The minimum atomic E-state index is -0.973. The van der Waals surface area contributed by atoms with Gasteiger partial charge in [-0.15, -0.1) is 0 Å². The topological polar surface area (TPSA) is 97.4 Å². The molecule has 2 rings (SSSR count). The summed E-state index contributed by atoms with van der Waals surface area (Å²) in [5.74, 6) is -1.71. The molecule has 20 heavy (non-hydrogen) atoms. The molecule has 0 aromatic heterocycles. The van der Waals surface area contributed by atoms with Crippen LogP contribution in [0.5, 0.6) is 0 Å². The van der Waals surface area contributed by atoms with Gasteiger partial charge in [-0.3, -0.25) is 14.4 Å². The molecular formula is C12H16O8. The highest BCUT2D eigenvalue weighted by molar-refractivity contribution is 5.68. The van der Waals surface area contributed by atoms with E-state index in [1.54, 1.807) is 0 Å². The van der Waals surface area contributed by atoms with Gasteiger partial charge in [0.2, 0.25) is 0 Å². The molecule has 2 aliphatic heterocycles. The van der Waals surface area contributed by atoms with Gasteiger partial charge in [0.05, 0.1) is 6.61 Å². The Kier molecular flexibility index (Phi) is 4.24. The number of fused-ring (bicyclic) bond motifs is 2. The molecule has 2 fully saturated rings. The van der Waals surface area contributed by atoms with Crippen LogP contribution in [0.15, 0.2) is 0 Å². The second kappa shape index (κ2) is 5.76. The van der Waals surface area contributed by atoms with Crippen molar-refractivity contribution in [3.05, 3.63) is 0 Å². The Bertz CT molecular complexity index is 390. The van der Waals surface area contributed by atoms with Crippen LogP contribution in [0.2, 0.25) is 0 Å². The maximum Gasteiger partial charge on any atom is 0.303 e. The average Bonchev–Trinajstić information content (AvgIpc) is 2.74. The van der Waals surface area contributed by atoms with Gasteiger partial charge in [-0.2, -0.15) is 0 Å². The smallest absolute Gasteiger partial charge is 0.303 e. The van der Waals surface area contributed by atoms with Crippen molar-refractivity contribution in [2.45, 2.75) is 51.5 Å². The molecule has 2 heterocycles. The number of carbonyl (C=O) groups is 3. The Morgan fingerprint density at radius 2 is 1.35 bits per heavy atom. The molecule has 0 aliphatic carbocycles. The zero-order valence-corrected chi connectivity index (χ0v) is 11.4. The molecule has 2 bridgehead atoms. The van der Waals surface area contributed by atoms with E-state index in [-0.39, 0.29) is 6.61 Å². The summed E-state index contributed by atoms with van der Waals surface area (Å²) in [6.07, 6.45) is -4.19. The normalized spacial score (nSPS) is 35.2. The Morgan fingerprint density at radius 3 is 1.90 bits per heavy atom. The zero-order chi connectivity index (χ0) is 14.9. The molecule has 8 heteroatoms. The lowest BCUT2D eigenvalue weighted by atomic mass is 10.00. The van der Waals surface area contributed by atoms with Gasteiger partial charge in [0, 0.05) is 20.8 Å². The van der Waals surface area contributed by atoms with Crippen LogP contribution in [-0.4, -0.2) is 55.2 Å². The average molecular weight is 288 g/mol. The first kappa shape index (κ1) is 14.7. The van der Waals surface area contributed by atoms with E-state index < -0.39 is 48.6 Å². The first-order chi connectivity index (χ1) is 9.38. The maximum absolute atomic E-state index is 11.2. The zero-order valence-electron chi connectivity index (χ0n) is 11.4. The van der Waals surface area contributed by atoms with Crippen LogP contribution in [0, 0.1) is 0 Å². The molecule has 0 unspecified atom stereocenters. The van der Waals surface area contributed by atoms with Gasteiger partial charge < -0.3 is 23.7 Å². The fourth-order valence-electron chi connectivity index (χ4n) is 2.31. The van der Waals surface area contributed by atoms with Gasteiger partial charge in [-0.1, -0.05) is 0 Å². The first-order valence-corrected chi connectivity index (χ1v) is 6.17. The highest BCUT2D eigenvalue weighted by Crippen LogP contribution is 2.33. The highest BCUT2D eigenvalue weighted by atomic mass is 16.8. The van der Waals surface area contributed by atoms with Gasteiger partial charge in [-0.05, 0) is 0 Å². The maximum atomic E-state index is 11.2. The third-order valence-corrected chi connectivity index (χ3v) is 2.92. The van der Waals surface area contributed by atoms with Crippen molar-refractivity contribution >= 4 is 17.9 Å². The number of hydrogen-bond acceptors (Lipinski definition) is 8. The number of rotatable bonds is 3. The van der Waals surface area contributed by atoms with Crippen molar-refractivity contribution in [1.29, 1.82) is 0 Å². The Balaban J connectivity index is 2.24. The minimum Gasteiger partial charge on any atom is -0.456 e. The summed E-state index contributed by atoms with van der Waals surface area (Å²) in [6.45, 7) is 3.83. The predicted octanol–water partition coefficient (Wildman–Crippen LogP) is -0.463. The van der Waals surface area contributed by atoms with Crippen LogP contribution in [0.3, 0.4) is 0 Å². The SMILES string of the molecule is CC(=O)O[C@@H]1[C@@H](OC(C)=O)[C@@H]2OC[C@@H](O2)[C@H]1OC(C)=O. The van der Waals surface area contributed by atoms with Gasteiger partial charge >= 0.3 is 17.9 Å². The van der Waals surface area contributed by atoms with Crippen LogP contribution >= 0.6 is 0 Å². The van der Waals surface area contributed by atoms with Gasteiger partial charge in [0.25, 0.3) is 0 Å². The molecule has 2 aliphatic rings. The van der Waals surface area contributed by atoms with E-state index in [1.807, 2.05) is 0 Å². The van der Waals surface area contributed by atoms with E-state index in [4.69, 9.17) is 23.7 Å². The van der Waals surface area contributed by atoms with E-state index in [9.17, 15) is 14.4 Å². The molecule has 8 nitrogen and oxygen atoms in total. The second-order valence-corrected chi connectivity index (χ2v) is 4.60. The minimum absolute atomic E-state index is 0.165. The molecule has 112 valence electrons. The van der Waals surface area contributed by atoms with Crippen LogP contribution in [0.4, 0.5) is 0 Å². The quantitative estimate of drug-likeness (QED) is 0.508. The van der Waals surface area contributed by atoms with Gasteiger partial charge in [-0.25, -0.2) is 0 Å². The van der Waals surface area contributed by atoms with Gasteiger partial charge in [0.1, 0.15) is 6.10 Å². The summed E-state index contributed by atoms with van der Waals surface area (Å²) in [6, 6.07) is 0. The molecule has 0 aromatic carbocycles. The highest BCUT2D eigenvalue weighted by Gasteiger charge is 2.55. The van der Waals surface area contributed by atoms with Crippen LogP contribution in [-0.2, 0) is 38.1 Å². The lowest BCUT2D eigenvalue weighted by molar-refractivity contribution is -0.250. The third kappa shape index (κ3) is 3.07. The molecule has 0 aromatic rings. The summed E-state index contributed by atoms with van der Waals surface area (Å²) in [4.78, 5) is 33.6. The lowest BCUT2D eigenvalue weighted by Crippen LogP contribution is -2.58. The fraction of sp³-hybridized carbons (Fsp3) is 0.750. The van der Waals surface area contributed by atoms with E-state index in [0.29, 0.717) is 0 Å². The third-order valence-electron chi connectivity index (χ3n) is 2.92. The Hall–Kier alpha value is -1.67. The van der Waals surface area contributed by atoms with Crippen LogP contribution in [0.1, 0.15) is 20.8 Å². The lowest BCUT2D eigenvalue weighted by Gasteiger charge is -2.38. The van der Waals surface area contributed by atoms with E-state index in [0.717, 1.165) is 0 Å². The van der Waals surface area contributed by atoms with Gasteiger partial charge in [0.15, 0.2) is 24.6 Å². The Labute approximate surface area is 115 Å². The predicted molar refractivity (Wildman–Crippen MR) is 61.3 cm³/mol. The standard InChI is InChI=1S/C12H16O8/c1-5(13)17-9-8-4-16-12(20-8)11(19-7(3)15)10(9)18-6(2)14/h8-12H,4H2,1-3H3/t8-,9-,10+,11-,12-/m1/s1. The number of ether oxygens (including phenoxy) is 5. The van der Waals surface area contributed by atoms with Crippen molar-refractivity contribution in [1.82, 2.24) is 0 Å². The largest absolute Gasteiger partial charge is 0.456 e. The van der Waals surface area contributed by atoms with E-state index in [2.05, 4.69) is 0 Å². The summed E-state index contributed by atoms with van der Waals surface area (Å²) in [5.41, 5.74) is 0. The van der Waals surface area contributed by atoms with Crippen molar-refractivity contribution in [2.75, 3.05) is 6.61 Å². The number of esters is 3.